The van der Waals surface area contributed by atoms with Gasteiger partial charge in [0, 0.05) is 12.0 Å². The van der Waals surface area contributed by atoms with E-state index < -0.39 is 0 Å². The number of rotatable bonds is 3. The summed E-state index contributed by atoms with van der Waals surface area (Å²) in [5.41, 5.74) is 0.268. The van der Waals surface area contributed by atoms with Crippen molar-refractivity contribution in [3.63, 3.8) is 0 Å². The van der Waals surface area contributed by atoms with Crippen LogP contribution in [-0.2, 0) is 12.0 Å². The topological polar surface area (TPSA) is 30.7 Å². The van der Waals surface area contributed by atoms with Gasteiger partial charge in [-0.1, -0.05) is 40.0 Å². The molecule has 1 aliphatic carbocycles. The van der Waals surface area contributed by atoms with Gasteiger partial charge in [-0.3, -0.25) is 0 Å². The third kappa shape index (κ3) is 2.28. The van der Waals surface area contributed by atoms with E-state index >= 15 is 0 Å². The maximum Gasteiger partial charge on any atom is 0.138 e. The summed E-state index contributed by atoms with van der Waals surface area (Å²) >= 11 is 0. The first-order valence-corrected chi connectivity index (χ1v) is 6.50. The van der Waals surface area contributed by atoms with E-state index in [2.05, 4.69) is 35.5 Å². The lowest BCUT2D eigenvalue weighted by molar-refractivity contribution is 0.289. The smallest absolute Gasteiger partial charge is 0.138 e. The monoisotopic (exact) mass is 221 g/mol. The summed E-state index contributed by atoms with van der Waals surface area (Å²) in [6.07, 6.45) is 8.49. The van der Waals surface area contributed by atoms with Crippen molar-refractivity contribution in [3.05, 3.63) is 12.2 Å². The molecule has 1 saturated carbocycles. The van der Waals surface area contributed by atoms with Gasteiger partial charge in [-0.2, -0.15) is 0 Å². The molecule has 1 aromatic heterocycles. The second-order valence-corrected chi connectivity index (χ2v) is 5.82. The predicted molar refractivity (Wildman–Crippen MR) is 65.3 cm³/mol. The van der Waals surface area contributed by atoms with E-state index in [9.17, 15) is 0 Å². The SMILES string of the molecule is CC(C)Cn1cnnc1C1(C)CCCCC1. The van der Waals surface area contributed by atoms with Crippen molar-refractivity contribution in [2.45, 2.75) is 64.8 Å². The van der Waals surface area contributed by atoms with Gasteiger partial charge in [-0.25, -0.2) is 0 Å². The van der Waals surface area contributed by atoms with Gasteiger partial charge in [-0.05, 0) is 18.8 Å². The third-order valence-electron chi connectivity index (χ3n) is 3.67. The highest BCUT2D eigenvalue weighted by atomic mass is 15.3. The highest BCUT2D eigenvalue weighted by molar-refractivity contribution is 5.07. The second-order valence-electron chi connectivity index (χ2n) is 5.82. The Kier molecular flexibility index (Phi) is 3.31. The van der Waals surface area contributed by atoms with Crippen molar-refractivity contribution in [1.82, 2.24) is 14.8 Å². The molecule has 3 nitrogen and oxygen atoms in total. The zero-order valence-corrected chi connectivity index (χ0v) is 10.7. The van der Waals surface area contributed by atoms with Gasteiger partial charge in [0.25, 0.3) is 0 Å². The Hall–Kier alpha value is -0.860. The molecule has 0 bridgehead atoms. The molecule has 0 saturated heterocycles. The minimum atomic E-state index is 0.268. The fraction of sp³-hybridized carbons (Fsp3) is 0.846. The minimum Gasteiger partial charge on any atom is -0.317 e. The molecule has 16 heavy (non-hydrogen) atoms. The molecule has 0 aliphatic heterocycles. The molecule has 3 heteroatoms. The molecule has 0 amide bonds. The Labute approximate surface area is 98.3 Å². The quantitative estimate of drug-likeness (QED) is 0.785. The molecule has 0 radical (unpaired) electrons. The molecule has 1 aliphatic rings. The highest BCUT2D eigenvalue weighted by Gasteiger charge is 2.33. The van der Waals surface area contributed by atoms with Crippen LogP contribution in [0.15, 0.2) is 6.33 Å². The van der Waals surface area contributed by atoms with E-state index in [1.807, 2.05) is 6.33 Å². The zero-order valence-electron chi connectivity index (χ0n) is 10.7. The van der Waals surface area contributed by atoms with Crippen LogP contribution < -0.4 is 0 Å². The number of nitrogens with zero attached hydrogens (tertiary/aromatic N) is 3. The van der Waals surface area contributed by atoms with E-state index in [-0.39, 0.29) is 5.41 Å². The van der Waals surface area contributed by atoms with Crippen molar-refractivity contribution < 1.29 is 0 Å². The molecule has 2 rings (SSSR count). The summed E-state index contributed by atoms with van der Waals surface area (Å²) in [6, 6.07) is 0. The fourth-order valence-corrected chi connectivity index (χ4v) is 2.81. The number of hydrogen-bond acceptors (Lipinski definition) is 2. The van der Waals surface area contributed by atoms with Gasteiger partial charge in [-0.15, -0.1) is 10.2 Å². The third-order valence-corrected chi connectivity index (χ3v) is 3.67. The fourth-order valence-electron chi connectivity index (χ4n) is 2.81. The normalized spacial score (nSPS) is 20.2. The number of hydrogen-bond donors (Lipinski definition) is 0. The first-order chi connectivity index (χ1) is 7.62. The van der Waals surface area contributed by atoms with Crippen molar-refractivity contribution in [1.29, 1.82) is 0 Å². The van der Waals surface area contributed by atoms with E-state index in [0.29, 0.717) is 5.92 Å². The van der Waals surface area contributed by atoms with Crippen LogP contribution in [0, 0.1) is 5.92 Å². The Morgan fingerprint density at radius 3 is 2.62 bits per heavy atom. The molecule has 1 aromatic rings. The highest BCUT2D eigenvalue weighted by Crippen LogP contribution is 2.37. The van der Waals surface area contributed by atoms with Crippen molar-refractivity contribution >= 4 is 0 Å². The standard InChI is InChI=1S/C13H23N3/c1-11(2)9-16-10-14-15-12(16)13(3)7-5-4-6-8-13/h10-11H,4-9H2,1-3H3. The molecule has 0 N–H and O–H groups in total. The van der Waals surface area contributed by atoms with Crippen molar-refractivity contribution in [2.75, 3.05) is 0 Å². The summed E-state index contributed by atoms with van der Waals surface area (Å²) in [7, 11) is 0. The van der Waals surface area contributed by atoms with Gasteiger partial charge in [0.2, 0.25) is 0 Å². The van der Waals surface area contributed by atoms with Gasteiger partial charge in [0.05, 0.1) is 0 Å². The molecule has 0 unspecified atom stereocenters. The van der Waals surface area contributed by atoms with E-state index in [0.717, 1.165) is 6.54 Å². The van der Waals surface area contributed by atoms with E-state index in [4.69, 9.17) is 0 Å². The van der Waals surface area contributed by atoms with Crippen LogP contribution in [0.4, 0.5) is 0 Å². The van der Waals surface area contributed by atoms with Crippen molar-refractivity contribution in [3.8, 4) is 0 Å². The summed E-state index contributed by atoms with van der Waals surface area (Å²) in [5, 5.41) is 8.49. The number of aromatic nitrogens is 3. The van der Waals surface area contributed by atoms with Gasteiger partial charge in [0.15, 0.2) is 0 Å². The van der Waals surface area contributed by atoms with Crippen LogP contribution in [0.25, 0.3) is 0 Å². The zero-order chi connectivity index (χ0) is 11.6. The average Bonchev–Trinajstić information content (AvgIpc) is 2.66. The van der Waals surface area contributed by atoms with Gasteiger partial charge >= 0.3 is 0 Å². The molecule has 1 fully saturated rings. The largest absolute Gasteiger partial charge is 0.317 e. The van der Waals surface area contributed by atoms with Crippen LogP contribution in [0.2, 0.25) is 0 Å². The van der Waals surface area contributed by atoms with Crippen LogP contribution in [-0.4, -0.2) is 14.8 Å². The molecule has 90 valence electrons. The molecular formula is C13H23N3. The minimum absolute atomic E-state index is 0.268. The Morgan fingerprint density at radius 1 is 1.31 bits per heavy atom. The lowest BCUT2D eigenvalue weighted by Crippen LogP contribution is -2.29. The maximum atomic E-state index is 4.38. The lowest BCUT2D eigenvalue weighted by atomic mass is 9.75. The summed E-state index contributed by atoms with van der Waals surface area (Å²) < 4.78 is 2.26. The first-order valence-electron chi connectivity index (χ1n) is 6.50. The summed E-state index contributed by atoms with van der Waals surface area (Å²) in [6.45, 7) is 7.88. The molecule has 0 atom stereocenters. The summed E-state index contributed by atoms with van der Waals surface area (Å²) in [4.78, 5) is 0. The van der Waals surface area contributed by atoms with Crippen LogP contribution >= 0.6 is 0 Å². The Bertz CT molecular complexity index is 335. The molecular weight excluding hydrogens is 198 g/mol. The first kappa shape index (κ1) is 11.6. The molecule has 1 heterocycles. The summed E-state index contributed by atoms with van der Waals surface area (Å²) in [5.74, 6) is 1.86. The maximum absolute atomic E-state index is 4.38. The predicted octanol–water partition coefficient (Wildman–Crippen LogP) is 3.16. The van der Waals surface area contributed by atoms with Crippen LogP contribution in [0.3, 0.4) is 0 Å². The Balaban J connectivity index is 2.21. The molecule has 0 spiro atoms. The second kappa shape index (κ2) is 4.56. The lowest BCUT2D eigenvalue weighted by Gasteiger charge is -2.33. The van der Waals surface area contributed by atoms with Crippen LogP contribution in [0.1, 0.15) is 58.7 Å². The van der Waals surface area contributed by atoms with Gasteiger partial charge in [0.1, 0.15) is 12.2 Å². The van der Waals surface area contributed by atoms with Crippen LogP contribution in [0.5, 0.6) is 0 Å². The van der Waals surface area contributed by atoms with E-state index in [1.165, 1.54) is 37.9 Å². The van der Waals surface area contributed by atoms with Gasteiger partial charge < -0.3 is 4.57 Å². The Morgan fingerprint density at radius 2 is 2.00 bits per heavy atom. The molecule has 0 aromatic carbocycles. The average molecular weight is 221 g/mol. The van der Waals surface area contributed by atoms with Crippen molar-refractivity contribution in [2.24, 2.45) is 5.92 Å². The van der Waals surface area contributed by atoms with E-state index in [1.54, 1.807) is 0 Å².